The van der Waals surface area contributed by atoms with Crippen LogP contribution in [0, 0.1) is 0 Å². The normalized spacial score (nSPS) is 15.0. The van der Waals surface area contributed by atoms with Crippen molar-refractivity contribution in [3.63, 3.8) is 0 Å². The number of nitrogens with zero attached hydrogens (tertiary/aromatic N) is 5. The monoisotopic (exact) mass is 491 g/mol. The maximum Gasteiger partial charge on any atom is 0.158 e. The van der Waals surface area contributed by atoms with Crippen molar-refractivity contribution in [1.29, 1.82) is 0 Å². The number of hydrogen-bond acceptors (Lipinski definition) is 6. The maximum absolute atomic E-state index is 6.70. The molecule has 0 spiro atoms. The van der Waals surface area contributed by atoms with Gasteiger partial charge in [0.2, 0.25) is 0 Å². The highest BCUT2D eigenvalue weighted by molar-refractivity contribution is 6.30. The number of benzene rings is 1. The molecule has 0 atom stereocenters. The predicted octanol–water partition coefficient (Wildman–Crippen LogP) is 4.48. The van der Waals surface area contributed by atoms with E-state index in [9.17, 15) is 0 Å². The van der Waals surface area contributed by atoms with Crippen LogP contribution in [0.4, 0.5) is 0 Å². The first-order valence-electron chi connectivity index (χ1n) is 12.3. The van der Waals surface area contributed by atoms with Crippen LogP contribution in [0.25, 0.3) is 11.3 Å². The van der Waals surface area contributed by atoms with Crippen molar-refractivity contribution in [3.05, 3.63) is 82.5 Å². The summed E-state index contributed by atoms with van der Waals surface area (Å²) in [4.78, 5) is 11.5. The fraction of sp³-hybridized carbons (Fsp3) is 0.370. The zero-order valence-corrected chi connectivity index (χ0v) is 21.1. The van der Waals surface area contributed by atoms with Crippen molar-refractivity contribution >= 4 is 29.2 Å². The van der Waals surface area contributed by atoms with Crippen molar-refractivity contribution in [2.45, 2.75) is 39.0 Å². The SMILES string of the molecule is C=C(CN=CC(NCCc1cnn2cccnc12)=C(N)c1cc(Cl)ccc1CC)N1CCCCC1. The zero-order chi connectivity index (χ0) is 24.6. The number of piperidine rings is 1. The van der Waals surface area contributed by atoms with Crippen molar-refractivity contribution in [2.24, 2.45) is 10.7 Å². The summed E-state index contributed by atoms with van der Waals surface area (Å²) < 4.78 is 1.79. The summed E-state index contributed by atoms with van der Waals surface area (Å²) in [5.41, 5.74) is 13.2. The Morgan fingerprint density at radius 1 is 1.26 bits per heavy atom. The Balaban J connectivity index is 1.53. The lowest BCUT2D eigenvalue weighted by atomic mass is 10.0. The third-order valence-electron chi connectivity index (χ3n) is 6.39. The molecule has 3 heterocycles. The van der Waals surface area contributed by atoms with Gasteiger partial charge in [-0.2, -0.15) is 5.10 Å². The number of aromatic nitrogens is 3. The van der Waals surface area contributed by atoms with E-state index in [0.29, 0.717) is 23.8 Å². The minimum Gasteiger partial charge on any atom is -0.397 e. The topological polar surface area (TPSA) is 83.8 Å². The van der Waals surface area contributed by atoms with Crippen LogP contribution in [0.1, 0.15) is 42.9 Å². The third-order valence-corrected chi connectivity index (χ3v) is 6.63. The molecule has 35 heavy (non-hydrogen) atoms. The van der Waals surface area contributed by atoms with E-state index in [1.165, 1.54) is 19.3 Å². The van der Waals surface area contributed by atoms with Crippen LogP contribution in [0.3, 0.4) is 0 Å². The summed E-state index contributed by atoms with van der Waals surface area (Å²) in [5.74, 6) is 0. The smallest absolute Gasteiger partial charge is 0.158 e. The molecular weight excluding hydrogens is 458 g/mol. The zero-order valence-electron chi connectivity index (χ0n) is 20.4. The van der Waals surface area contributed by atoms with Crippen molar-refractivity contribution in [3.8, 4) is 0 Å². The van der Waals surface area contributed by atoms with Gasteiger partial charge in [-0.15, -0.1) is 0 Å². The average Bonchev–Trinajstić information content (AvgIpc) is 3.31. The molecule has 0 bridgehead atoms. The molecule has 1 fully saturated rings. The summed E-state index contributed by atoms with van der Waals surface area (Å²) in [5, 5.41) is 8.54. The highest BCUT2D eigenvalue weighted by Crippen LogP contribution is 2.23. The van der Waals surface area contributed by atoms with Gasteiger partial charge in [0.15, 0.2) is 5.65 Å². The number of aryl methyl sites for hydroxylation is 1. The van der Waals surface area contributed by atoms with Gasteiger partial charge in [-0.05, 0) is 55.9 Å². The average molecular weight is 492 g/mol. The molecule has 1 aromatic carbocycles. The molecule has 1 saturated heterocycles. The Labute approximate surface area is 212 Å². The lowest BCUT2D eigenvalue weighted by Crippen LogP contribution is -2.29. The molecule has 0 saturated carbocycles. The second-order valence-electron chi connectivity index (χ2n) is 8.80. The Morgan fingerprint density at radius 2 is 2.09 bits per heavy atom. The highest BCUT2D eigenvalue weighted by atomic mass is 35.5. The number of likely N-dealkylation sites (tertiary alicyclic amines) is 1. The van der Waals surface area contributed by atoms with E-state index >= 15 is 0 Å². The van der Waals surface area contributed by atoms with Gasteiger partial charge in [0, 0.05) is 60.1 Å². The van der Waals surface area contributed by atoms with Crippen LogP contribution in [0.5, 0.6) is 0 Å². The van der Waals surface area contributed by atoms with Gasteiger partial charge in [0.25, 0.3) is 0 Å². The number of halogens is 1. The number of allylic oxidation sites excluding steroid dienone is 1. The van der Waals surface area contributed by atoms with Gasteiger partial charge in [-0.1, -0.05) is 31.2 Å². The van der Waals surface area contributed by atoms with E-state index in [4.69, 9.17) is 22.3 Å². The van der Waals surface area contributed by atoms with E-state index in [-0.39, 0.29) is 0 Å². The highest BCUT2D eigenvalue weighted by Gasteiger charge is 2.13. The van der Waals surface area contributed by atoms with Gasteiger partial charge < -0.3 is 16.0 Å². The second-order valence-corrected chi connectivity index (χ2v) is 9.24. The molecule has 184 valence electrons. The van der Waals surface area contributed by atoms with Gasteiger partial charge >= 0.3 is 0 Å². The number of fused-ring (bicyclic) bond motifs is 1. The van der Waals surface area contributed by atoms with E-state index in [0.717, 1.165) is 59.7 Å². The summed E-state index contributed by atoms with van der Waals surface area (Å²) in [6.07, 6.45) is 12.7. The van der Waals surface area contributed by atoms with Gasteiger partial charge in [-0.25, -0.2) is 9.50 Å². The maximum atomic E-state index is 6.70. The van der Waals surface area contributed by atoms with E-state index in [1.807, 2.05) is 42.9 Å². The summed E-state index contributed by atoms with van der Waals surface area (Å²) in [6, 6.07) is 7.72. The molecule has 4 rings (SSSR count). The molecule has 1 aliphatic rings. The van der Waals surface area contributed by atoms with Gasteiger partial charge in [0.1, 0.15) is 0 Å². The number of rotatable bonds is 10. The first kappa shape index (κ1) is 24.8. The summed E-state index contributed by atoms with van der Waals surface area (Å²) in [7, 11) is 0. The summed E-state index contributed by atoms with van der Waals surface area (Å²) in [6.45, 7) is 9.70. The van der Waals surface area contributed by atoms with E-state index in [2.05, 4.69) is 33.8 Å². The van der Waals surface area contributed by atoms with Crippen molar-refractivity contribution in [2.75, 3.05) is 26.2 Å². The number of nitrogens with two attached hydrogens (primary N) is 1. The number of aliphatic imine (C=N–C) groups is 1. The van der Waals surface area contributed by atoms with E-state index < -0.39 is 0 Å². The van der Waals surface area contributed by atoms with Crippen LogP contribution in [0.15, 0.2) is 65.8 Å². The van der Waals surface area contributed by atoms with Crippen LogP contribution in [-0.4, -0.2) is 51.9 Å². The standard InChI is InChI=1S/C27H34ClN7/c1-3-21-8-9-23(28)16-24(21)26(29)25(19-30-17-20(2)34-13-5-4-6-14-34)31-12-10-22-18-33-35-15-7-11-32-27(22)35/h7-9,11,15-16,18-19,31H,2-6,10,12-14,17,29H2,1H3. The Kier molecular flexibility index (Phi) is 8.42. The number of hydrogen-bond donors (Lipinski definition) is 2. The minimum atomic E-state index is 0.548. The quantitative estimate of drug-likeness (QED) is 0.409. The van der Waals surface area contributed by atoms with E-state index in [1.54, 1.807) is 10.7 Å². The van der Waals surface area contributed by atoms with Gasteiger partial charge in [-0.3, -0.25) is 4.99 Å². The minimum absolute atomic E-state index is 0.548. The molecule has 0 amide bonds. The third kappa shape index (κ3) is 6.22. The van der Waals surface area contributed by atoms with Crippen molar-refractivity contribution < 1.29 is 0 Å². The van der Waals surface area contributed by atoms with Crippen LogP contribution < -0.4 is 11.1 Å². The molecule has 2 aromatic heterocycles. The Bertz CT molecular complexity index is 1220. The lowest BCUT2D eigenvalue weighted by Gasteiger charge is -2.29. The van der Waals surface area contributed by atoms with Crippen LogP contribution in [-0.2, 0) is 12.8 Å². The molecule has 3 aromatic rings. The van der Waals surface area contributed by atoms with Gasteiger partial charge in [0.05, 0.1) is 24.1 Å². The molecule has 1 aliphatic heterocycles. The largest absolute Gasteiger partial charge is 0.397 e. The fourth-order valence-corrected chi connectivity index (χ4v) is 4.57. The molecule has 0 aliphatic carbocycles. The Hall–Kier alpha value is -3.32. The first-order valence-corrected chi connectivity index (χ1v) is 12.7. The molecular formula is C27H34ClN7. The predicted molar refractivity (Wildman–Crippen MR) is 145 cm³/mol. The van der Waals surface area contributed by atoms with Crippen LogP contribution >= 0.6 is 11.6 Å². The van der Waals surface area contributed by atoms with Crippen molar-refractivity contribution in [1.82, 2.24) is 24.8 Å². The molecule has 3 N–H and O–H groups in total. The summed E-state index contributed by atoms with van der Waals surface area (Å²) >= 11 is 6.32. The molecule has 8 heteroatoms. The van der Waals surface area contributed by atoms with Crippen LogP contribution in [0.2, 0.25) is 5.02 Å². The second kappa shape index (κ2) is 11.9. The first-order chi connectivity index (χ1) is 17.1. The Morgan fingerprint density at radius 3 is 2.89 bits per heavy atom. The molecule has 0 unspecified atom stereocenters. The lowest BCUT2D eigenvalue weighted by molar-refractivity contribution is 0.283. The fourth-order valence-electron chi connectivity index (χ4n) is 4.40. The molecule has 7 nitrogen and oxygen atoms in total. The number of nitrogens with one attached hydrogen (secondary N) is 1. The molecule has 0 radical (unpaired) electrons.